The Labute approximate surface area is 87.1 Å². The van der Waals surface area contributed by atoms with Gasteiger partial charge in [-0.15, -0.1) is 0 Å². The summed E-state index contributed by atoms with van der Waals surface area (Å²) >= 11 is 0. The highest BCUT2D eigenvalue weighted by molar-refractivity contribution is 4.71. The first-order valence-electron chi connectivity index (χ1n) is 5.69. The highest BCUT2D eigenvalue weighted by atomic mass is 16.5. The van der Waals surface area contributed by atoms with Crippen LogP contribution >= 0.6 is 0 Å². The van der Waals surface area contributed by atoms with Gasteiger partial charge in [-0.2, -0.15) is 0 Å². The van der Waals surface area contributed by atoms with Crippen LogP contribution < -0.4 is 0 Å². The first-order chi connectivity index (χ1) is 6.86. The number of rotatable bonds is 6. The van der Waals surface area contributed by atoms with Gasteiger partial charge in [0.05, 0.1) is 6.61 Å². The lowest BCUT2D eigenvalue weighted by atomic mass is 9.92. The molecule has 0 aromatic rings. The molecule has 3 nitrogen and oxygen atoms in total. The molecule has 1 heterocycles. The first kappa shape index (κ1) is 12.0. The van der Waals surface area contributed by atoms with E-state index in [1.807, 2.05) is 0 Å². The van der Waals surface area contributed by atoms with Gasteiger partial charge in [0.15, 0.2) is 0 Å². The maximum Gasteiger partial charge on any atom is 0.0589 e. The summed E-state index contributed by atoms with van der Waals surface area (Å²) in [6.45, 7) is 4.69. The van der Waals surface area contributed by atoms with E-state index in [1.54, 1.807) is 7.11 Å². The molecule has 0 amide bonds. The van der Waals surface area contributed by atoms with Crippen molar-refractivity contribution in [3.8, 4) is 0 Å². The van der Waals surface area contributed by atoms with Crippen LogP contribution in [0.15, 0.2) is 0 Å². The Balaban J connectivity index is 2.05. The molecule has 1 N–H and O–H groups in total. The Kier molecular flexibility index (Phi) is 6.15. The van der Waals surface area contributed by atoms with E-state index >= 15 is 0 Å². The van der Waals surface area contributed by atoms with Gasteiger partial charge < -0.3 is 14.7 Å². The second-order valence-corrected chi connectivity index (χ2v) is 4.14. The number of aliphatic hydroxyl groups is 1. The summed E-state index contributed by atoms with van der Waals surface area (Å²) in [5.74, 6) is 0.848. The first-order valence-corrected chi connectivity index (χ1v) is 5.69. The van der Waals surface area contributed by atoms with Gasteiger partial charge in [0, 0.05) is 20.3 Å². The van der Waals surface area contributed by atoms with E-state index in [2.05, 4.69) is 4.90 Å². The van der Waals surface area contributed by atoms with E-state index in [4.69, 9.17) is 9.84 Å². The van der Waals surface area contributed by atoms with Crippen LogP contribution in [0.1, 0.15) is 25.7 Å². The van der Waals surface area contributed by atoms with Crippen LogP contribution in [-0.2, 0) is 4.74 Å². The number of piperidine rings is 1. The van der Waals surface area contributed by atoms with Crippen LogP contribution in [0.4, 0.5) is 0 Å². The minimum atomic E-state index is 0.351. The zero-order valence-electron chi connectivity index (χ0n) is 9.24. The Bertz CT molecular complexity index is 117. The van der Waals surface area contributed by atoms with Crippen molar-refractivity contribution in [3.63, 3.8) is 0 Å². The normalized spacial score (nSPS) is 20.1. The number of ether oxygens (including phenoxy) is 1. The van der Waals surface area contributed by atoms with Crippen LogP contribution in [0.5, 0.6) is 0 Å². The molecule has 0 bridgehead atoms. The molecule has 1 fully saturated rings. The lowest BCUT2D eigenvalue weighted by Crippen LogP contribution is -2.35. The highest BCUT2D eigenvalue weighted by Gasteiger charge is 2.17. The van der Waals surface area contributed by atoms with E-state index < -0.39 is 0 Å². The molecule has 0 aromatic heterocycles. The highest BCUT2D eigenvalue weighted by Crippen LogP contribution is 2.21. The lowest BCUT2D eigenvalue weighted by molar-refractivity contribution is 0.116. The molecule has 0 unspecified atom stereocenters. The fourth-order valence-corrected chi connectivity index (χ4v) is 2.10. The number of likely N-dealkylation sites (tertiary alicyclic amines) is 1. The summed E-state index contributed by atoms with van der Waals surface area (Å²) in [6, 6.07) is 0. The van der Waals surface area contributed by atoms with Crippen molar-refractivity contribution in [2.24, 2.45) is 5.92 Å². The number of methoxy groups -OCH3 is 1. The predicted octanol–water partition coefficient (Wildman–Crippen LogP) is 1.12. The van der Waals surface area contributed by atoms with Gasteiger partial charge in [-0.1, -0.05) is 0 Å². The number of nitrogens with zero attached hydrogens (tertiary/aromatic N) is 1. The van der Waals surface area contributed by atoms with Gasteiger partial charge in [0.2, 0.25) is 0 Å². The fraction of sp³-hybridized carbons (Fsp3) is 1.00. The van der Waals surface area contributed by atoms with E-state index in [0.717, 1.165) is 25.5 Å². The fourth-order valence-electron chi connectivity index (χ4n) is 2.10. The molecule has 0 atom stereocenters. The second-order valence-electron chi connectivity index (χ2n) is 4.14. The van der Waals surface area contributed by atoms with Crippen molar-refractivity contribution in [2.75, 3.05) is 40.0 Å². The third-order valence-electron chi connectivity index (χ3n) is 3.09. The largest absolute Gasteiger partial charge is 0.396 e. The van der Waals surface area contributed by atoms with Gasteiger partial charge >= 0.3 is 0 Å². The summed E-state index contributed by atoms with van der Waals surface area (Å²) in [5, 5.41) is 8.74. The van der Waals surface area contributed by atoms with Gasteiger partial charge in [-0.25, -0.2) is 0 Å². The van der Waals surface area contributed by atoms with Crippen molar-refractivity contribution in [2.45, 2.75) is 25.7 Å². The zero-order chi connectivity index (χ0) is 10.2. The Morgan fingerprint density at radius 1 is 1.36 bits per heavy atom. The molecular formula is C11H23NO2. The SMILES string of the molecule is COCCN1CCC(CCCO)CC1. The summed E-state index contributed by atoms with van der Waals surface area (Å²) in [5.41, 5.74) is 0. The summed E-state index contributed by atoms with van der Waals surface area (Å²) in [7, 11) is 1.76. The third kappa shape index (κ3) is 4.40. The molecule has 0 radical (unpaired) electrons. The Morgan fingerprint density at radius 3 is 2.64 bits per heavy atom. The number of hydrogen-bond acceptors (Lipinski definition) is 3. The molecule has 84 valence electrons. The maximum absolute atomic E-state index is 8.74. The van der Waals surface area contributed by atoms with E-state index in [9.17, 15) is 0 Å². The Hall–Kier alpha value is -0.120. The predicted molar refractivity (Wildman–Crippen MR) is 57.4 cm³/mol. The van der Waals surface area contributed by atoms with Crippen molar-refractivity contribution in [1.82, 2.24) is 4.90 Å². The van der Waals surface area contributed by atoms with Gasteiger partial charge in [0.25, 0.3) is 0 Å². The van der Waals surface area contributed by atoms with Crippen molar-refractivity contribution < 1.29 is 9.84 Å². The topological polar surface area (TPSA) is 32.7 Å². The molecule has 1 aliphatic rings. The van der Waals surface area contributed by atoms with Crippen LogP contribution in [-0.4, -0.2) is 50.0 Å². The molecule has 1 saturated heterocycles. The molecule has 3 heteroatoms. The summed E-state index contributed by atoms with van der Waals surface area (Å²) in [4.78, 5) is 2.47. The minimum Gasteiger partial charge on any atom is -0.396 e. The second kappa shape index (κ2) is 7.21. The average molecular weight is 201 g/mol. The molecule has 1 rings (SSSR count). The molecule has 0 aliphatic carbocycles. The molecular weight excluding hydrogens is 178 g/mol. The minimum absolute atomic E-state index is 0.351. The molecule has 0 saturated carbocycles. The average Bonchev–Trinajstić information content (AvgIpc) is 2.25. The molecule has 0 aromatic carbocycles. The van der Waals surface area contributed by atoms with E-state index in [-0.39, 0.29) is 0 Å². The van der Waals surface area contributed by atoms with Crippen LogP contribution in [0.25, 0.3) is 0 Å². The summed E-state index contributed by atoms with van der Waals surface area (Å²) < 4.78 is 5.06. The van der Waals surface area contributed by atoms with Gasteiger partial charge in [-0.3, -0.25) is 0 Å². The Morgan fingerprint density at radius 2 is 2.07 bits per heavy atom. The van der Waals surface area contributed by atoms with E-state index in [1.165, 1.54) is 32.4 Å². The summed E-state index contributed by atoms with van der Waals surface area (Å²) in [6.07, 6.45) is 4.77. The van der Waals surface area contributed by atoms with E-state index in [0.29, 0.717) is 6.61 Å². The number of aliphatic hydroxyl groups excluding tert-OH is 1. The van der Waals surface area contributed by atoms with Crippen LogP contribution in [0.2, 0.25) is 0 Å². The van der Waals surface area contributed by atoms with Crippen molar-refractivity contribution >= 4 is 0 Å². The van der Waals surface area contributed by atoms with Crippen molar-refractivity contribution in [1.29, 1.82) is 0 Å². The smallest absolute Gasteiger partial charge is 0.0589 e. The lowest BCUT2D eigenvalue weighted by Gasteiger charge is -2.31. The van der Waals surface area contributed by atoms with Crippen LogP contribution in [0, 0.1) is 5.92 Å². The monoisotopic (exact) mass is 201 g/mol. The van der Waals surface area contributed by atoms with Gasteiger partial charge in [0.1, 0.15) is 0 Å². The standard InChI is InChI=1S/C11H23NO2/c1-14-10-8-12-6-4-11(5-7-12)3-2-9-13/h11,13H,2-10H2,1H3. The van der Waals surface area contributed by atoms with Crippen LogP contribution in [0.3, 0.4) is 0 Å². The van der Waals surface area contributed by atoms with Gasteiger partial charge in [-0.05, 0) is 44.7 Å². The number of hydrogen-bond donors (Lipinski definition) is 1. The molecule has 1 aliphatic heterocycles. The quantitative estimate of drug-likeness (QED) is 0.699. The van der Waals surface area contributed by atoms with Crippen molar-refractivity contribution in [3.05, 3.63) is 0 Å². The maximum atomic E-state index is 8.74. The third-order valence-corrected chi connectivity index (χ3v) is 3.09. The molecule has 14 heavy (non-hydrogen) atoms. The molecule has 0 spiro atoms. The zero-order valence-corrected chi connectivity index (χ0v) is 9.24.